The van der Waals surface area contributed by atoms with E-state index in [4.69, 9.17) is 11.6 Å². The van der Waals surface area contributed by atoms with Crippen LogP contribution in [0.4, 0.5) is 5.69 Å². The van der Waals surface area contributed by atoms with Crippen LogP contribution in [0.2, 0.25) is 5.02 Å². The van der Waals surface area contributed by atoms with Crippen LogP contribution in [0.15, 0.2) is 41.6 Å². The number of nitrogens with zero attached hydrogens (tertiary/aromatic N) is 2. The van der Waals surface area contributed by atoms with E-state index >= 15 is 0 Å². The molecule has 0 atom stereocenters. The molecule has 19 heavy (non-hydrogen) atoms. The fourth-order valence-corrected chi connectivity index (χ4v) is 2.02. The van der Waals surface area contributed by atoms with Gasteiger partial charge in [0.05, 0.1) is 9.90 Å². The molecule has 0 saturated heterocycles. The molecule has 1 amide bonds. The first kappa shape index (κ1) is 14.0. The average molecular weight is 390 g/mol. The summed E-state index contributed by atoms with van der Waals surface area (Å²) in [6.07, 6.45) is 2.79. The summed E-state index contributed by atoms with van der Waals surface area (Å²) in [6.45, 7) is -0.0781. The Hall–Kier alpha value is -1.41. The largest absolute Gasteiger partial charge is 0.325 e. The Kier molecular flexibility index (Phi) is 4.54. The van der Waals surface area contributed by atoms with Gasteiger partial charge in [0.15, 0.2) is 0 Å². The molecule has 1 aromatic carbocycles. The average Bonchev–Trinajstić information content (AvgIpc) is 2.38. The second kappa shape index (κ2) is 6.16. The number of anilines is 1. The molecular formula is C12H9ClIN3O2. The number of benzene rings is 1. The van der Waals surface area contributed by atoms with Gasteiger partial charge >= 0.3 is 0 Å². The SMILES string of the molecule is O=C(Cn1cncc(I)c1=O)Nc1ccc(Cl)cc1. The summed E-state index contributed by atoms with van der Waals surface area (Å²) in [7, 11) is 0. The van der Waals surface area contributed by atoms with Crippen LogP contribution in [-0.2, 0) is 11.3 Å². The third kappa shape index (κ3) is 3.77. The van der Waals surface area contributed by atoms with E-state index in [0.29, 0.717) is 14.3 Å². The molecule has 5 nitrogen and oxygen atoms in total. The summed E-state index contributed by atoms with van der Waals surface area (Å²) in [4.78, 5) is 27.4. The van der Waals surface area contributed by atoms with Crippen molar-refractivity contribution in [3.8, 4) is 0 Å². The summed E-state index contributed by atoms with van der Waals surface area (Å²) < 4.78 is 1.73. The van der Waals surface area contributed by atoms with Crippen molar-refractivity contribution in [3.05, 3.63) is 55.7 Å². The molecule has 1 heterocycles. The van der Waals surface area contributed by atoms with Crippen LogP contribution in [0.1, 0.15) is 0 Å². The Bertz CT molecular complexity index is 655. The zero-order chi connectivity index (χ0) is 13.8. The van der Waals surface area contributed by atoms with Gasteiger partial charge in [-0.3, -0.25) is 14.2 Å². The molecule has 2 aromatic rings. The Morgan fingerprint density at radius 3 is 2.74 bits per heavy atom. The van der Waals surface area contributed by atoms with E-state index in [1.54, 1.807) is 24.3 Å². The van der Waals surface area contributed by atoms with E-state index in [0.717, 1.165) is 0 Å². The molecule has 2 rings (SSSR count). The van der Waals surface area contributed by atoms with Crippen molar-refractivity contribution in [2.75, 3.05) is 5.32 Å². The Balaban J connectivity index is 2.07. The predicted octanol–water partition coefficient (Wildman–Crippen LogP) is 2.14. The molecule has 98 valence electrons. The first-order chi connectivity index (χ1) is 9.06. The lowest BCUT2D eigenvalue weighted by atomic mass is 10.3. The molecule has 0 aliphatic carbocycles. The van der Waals surface area contributed by atoms with Gasteiger partial charge in [-0.25, -0.2) is 4.98 Å². The summed E-state index contributed by atoms with van der Waals surface area (Å²) in [5.41, 5.74) is 0.392. The first-order valence-electron chi connectivity index (χ1n) is 5.31. The highest BCUT2D eigenvalue weighted by atomic mass is 127. The third-order valence-corrected chi connectivity index (χ3v) is 3.29. The molecule has 0 aliphatic heterocycles. The molecule has 0 unspecified atom stereocenters. The fraction of sp³-hybridized carbons (Fsp3) is 0.0833. The van der Waals surface area contributed by atoms with Crippen molar-refractivity contribution in [2.24, 2.45) is 0 Å². The number of carbonyl (C=O) groups excluding carboxylic acids is 1. The van der Waals surface area contributed by atoms with Gasteiger partial charge < -0.3 is 5.32 Å². The monoisotopic (exact) mass is 389 g/mol. The lowest BCUT2D eigenvalue weighted by Crippen LogP contribution is -2.28. The van der Waals surface area contributed by atoms with Crippen LogP contribution in [0.5, 0.6) is 0 Å². The van der Waals surface area contributed by atoms with E-state index in [1.807, 2.05) is 22.6 Å². The fourth-order valence-electron chi connectivity index (χ4n) is 1.43. The summed E-state index contributed by atoms with van der Waals surface area (Å²) in [5, 5.41) is 3.27. The molecule has 1 N–H and O–H groups in total. The van der Waals surface area contributed by atoms with E-state index in [2.05, 4.69) is 10.3 Å². The Morgan fingerprint density at radius 1 is 1.37 bits per heavy atom. The number of halogens is 2. The van der Waals surface area contributed by atoms with Crippen molar-refractivity contribution in [2.45, 2.75) is 6.54 Å². The number of carbonyl (C=O) groups is 1. The Morgan fingerprint density at radius 2 is 2.05 bits per heavy atom. The highest BCUT2D eigenvalue weighted by Crippen LogP contribution is 2.13. The van der Waals surface area contributed by atoms with Crippen LogP contribution < -0.4 is 10.9 Å². The maximum absolute atomic E-state index is 11.8. The zero-order valence-electron chi connectivity index (χ0n) is 9.64. The standard InChI is InChI=1S/C12H9ClIN3O2/c13-8-1-3-9(4-2-8)16-11(18)6-17-7-15-5-10(14)12(17)19/h1-5,7H,6H2,(H,16,18). The van der Waals surface area contributed by atoms with Crippen molar-refractivity contribution in [1.82, 2.24) is 9.55 Å². The maximum Gasteiger partial charge on any atom is 0.267 e. The minimum Gasteiger partial charge on any atom is -0.325 e. The zero-order valence-corrected chi connectivity index (χ0v) is 12.6. The number of hydrogen-bond donors (Lipinski definition) is 1. The van der Waals surface area contributed by atoms with Crippen molar-refractivity contribution >= 4 is 45.8 Å². The Labute approximate surface area is 127 Å². The second-order valence-corrected chi connectivity index (χ2v) is 5.33. The van der Waals surface area contributed by atoms with Gasteiger partial charge in [0, 0.05) is 16.9 Å². The van der Waals surface area contributed by atoms with Crippen LogP contribution in [0.25, 0.3) is 0 Å². The van der Waals surface area contributed by atoms with Crippen molar-refractivity contribution in [1.29, 1.82) is 0 Å². The van der Waals surface area contributed by atoms with E-state index < -0.39 is 0 Å². The molecular weight excluding hydrogens is 381 g/mol. The van der Waals surface area contributed by atoms with Gasteiger partial charge in [-0.1, -0.05) is 11.6 Å². The number of hydrogen-bond acceptors (Lipinski definition) is 3. The molecule has 0 spiro atoms. The highest BCUT2D eigenvalue weighted by molar-refractivity contribution is 14.1. The van der Waals surface area contributed by atoms with Crippen molar-refractivity contribution < 1.29 is 4.79 Å². The van der Waals surface area contributed by atoms with Gasteiger partial charge in [0.25, 0.3) is 5.56 Å². The minimum atomic E-state index is -0.298. The van der Waals surface area contributed by atoms with Gasteiger partial charge in [-0.05, 0) is 46.9 Å². The van der Waals surface area contributed by atoms with E-state index in [-0.39, 0.29) is 18.0 Å². The predicted molar refractivity (Wildman–Crippen MR) is 81.3 cm³/mol. The smallest absolute Gasteiger partial charge is 0.267 e. The maximum atomic E-state index is 11.8. The molecule has 0 fully saturated rings. The second-order valence-electron chi connectivity index (χ2n) is 3.73. The van der Waals surface area contributed by atoms with Crippen LogP contribution >= 0.6 is 34.2 Å². The normalized spacial score (nSPS) is 10.2. The highest BCUT2D eigenvalue weighted by Gasteiger charge is 2.07. The number of rotatable bonds is 3. The molecule has 0 bridgehead atoms. The van der Waals surface area contributed by atoms with Crippen LogP contribution in [0, 0.1) is 3.57 Å². The van der Waals surface area contributed by atoms with Gasteiger partial charge in [-0.15, -0.1) is 0 Å². The lowest BCUT2D eigenvalue weighted by molar-refractivity contribution is -0.116. The number of amides is 1. The van der Waals surface area contributed by atoms with E-state index in [1.165, 1.54) is 17.1 Å². The van der Waals surface area contributed by atoms with Crippen molar-refractivity contribution in [3.63, 3.8) is 0 Å². The molecule has 7 heteroatoms. The first-order valence-corrected chi connectivity index (χ1v) is 6.77. The molecule has 0 radical (unpaired) electrons. The van der Waals surface area contributed by atoms with Gasteiger partial charge in [-0.2, -0.15) is 0 Å². The molecule has 0 aliphatic rings. The third-order valence-electron chi connectivity index (χ3n) is 2.30. The van der Waals surface area contributed by atoms with Gasteiger partial charge in [0.2, 0.25) is 5.91 Å². The molecule has 0 saturated carbocycles. The van der Waals surface area contributed by atoms with Crippen LogP contribution in [-0.4, -0.2) is 15.5 Å². The number of aromatic nitrogens is 2. The number of nitrogens with one attached hydrogen (secondary N) is 1. The summed E-state index contributed by atoms with van der Waals surface area (Å²) >= 11 is 7.63. The van der Waals surface area contributed by atoms with Gasteiger partial charge in [0.1, 0.15) is 6.54 Å². The quantitative estimate of drug-likeness (QED) is 0.818. The van der Waals surface area contributed by atoms with E-state index in [9.17, 15) is 9.59 Å². The lowest BCUT2D eigenvalue weighted by Gasteiger charge is -2.07. The van der Waals surface area contributed by atoms with Crippen LogP contribution in [0.3, 0.4) is 0 Å². The molecule has 1 aromatic heterocycles. The topological polar surface area (TPSA) is 64.0 Å². The summed E-state index contributed by atoms with van der Waals surface area (Å²) in [6, 6.07) is 6.73. The minimum absolute atomic E-state index is 0.0781. The summed E-state index contributed by atoms with van der Waals surface area (Å²) in [5.74, 6) is -0.298.